The molecule has 164 valence electrons. The molecule has 1 heterocycles. The molecule has 3 rings (SSSR count). The minimum absolute atomic E-state index is 0.210. The van der Waals surface area contributed by atoms with E-state index in [1.807, 2.05) is 61.5 Å². The molecule has 0 bridgehead atoms. The van der Waals surface area contributed by atoms with Crippen molar-refractivity contribution < 1.29 is 23.9 Å². The topological polar surface area (TPSA) is 81.7 Å². The number of carbonyl (C=O) groups is 3. The number of carbonyl (C=O) groups excluding carboxylic acids is 3. The first-order valence-corrected chi connectivity index (χ1v) is 10.9. The second-order valence-corrected chi connectivity index (χ2v) is 7.72. The Bertz CT molecular complexity index is 1120. The molecule has 1 N–H and O–H groups in total. The highest BCUT2D eigenvalue weighted by Crippen LogP contribution is 2.36. The molecule has 2 aromatic carbocycles. The van der Waals surface area contributed by atoms with Gasteiger partial charge in [-0.15, -0.1) is 11.3 Å². The van der Waals surface area contributed by atoms with Gasteiger partial charge in [-0.1, -0.05) is 60.2 Å². The Morgan fingerprint density at radius 2 is 1.72 bits per heavy atom. The average Bonchev–Trinajstić information content (AvgIpc) is 3.21. The molecule has 0 saturated carbocycles. The largest absolute Gasteiger partial charge is 0.462 e. The molecule has 1 amide bonds. The van der Waals surface area contributed by atoms with E-state index in [0.29, 0.717) is 10.6 Å². The van der Waals surface area contributed by atoms with E-state index in [1.54, 1.807) is 18.4 Å². The monoisotopic (exact) mass is 449 g/mol. The van der Waals surface area contributed by atoms with E-state index in [1.165, 1.54) is 17.4 Å². The molecule has 0 unspecified atom stereocenters. The Hall–Kier alpha value is -3.71. The molecule has 3 aromatic rings. The Kier molecular flexibility index (Phi) is 7.94. The van der Waals surface area contributed by atoms with Crippen LogP contribution in [0.25, 0.3) is 17.2 Å². The number of aryl methyl sites for hydroxylation is 1. The molecule has 1 aromatic heterocycles. The summed E-state index contributed by atoms with van der Waals surface area (Å²) in [5, 5.41) is 4.78. The van der Waals surface area contributed by atoms with E-state index in [0.717, 1.165) is 16.7 Å². The van der Waals surface area contributed by atoms with Gasteiger partial charge in [0.25, 0.3) is 5.91 Å². The van der Waals surface area contributed by atoms with Gasteiger partial charge in [0.15, 0.2) is 6.61 Å². The zero-order chi connectivity index (χ0) is 22.9. The Morgan fingerprint density at radius 1 is 1.00 bits per heavy atom. The maximum atomic E-state index is 12.5. The number of hydrogen-bond acceptors (Lipinski definition) is 6. The van der Waals surface area contributed by atoms with Crippen molar-refractivity contribution in [2.75, 3.05) is 18.5 Å². The van der Waals surface area contributed by atoms with Gasteiger partial charge in [-0.2, -0.15) is 0 Å². The van der Waals surface area contributed by atoms with Gasteiger partial charge < -0.3 is 14.8 Å². The zero-order valence-corrected chi connectivity index (χ0v) is 18.6. The van der Waals surface area contributed by atoms with Gasteiger partial charge in [-0.25, -0.2) is 9.59 Å². The maximum absolute atomic E-state index is 12.5. The van der Waals surface area contributed by atoms with Crippen molar-refractivity contribution in [2.24, 2.45) is 0 Å². The van der Waals surface area contributed by atoms with E-state index in [-0.39, 0.29) is 12.2 Å². The lowest BCUT2D eigenvalue weighted by molar-refractivity contribution is -0.142. The summed E-state index contributed by atoms with van der Waals surface area (Å²) >= 11 is 1.21. The summed E-state index contributed by atoms with van der Waals surface area (Å²) in [5.74, 6) is -1.71. The molecule has 6 nitrogen and oxygen atoms in total. The first-order chi connectivity index (χ1) is 15.5. The first-order valence-electron chi connectivity index (χ1n) is 10.0. The molecule has 32 heavy (non-hydrogen) atoms. The maximum Gasteiger partial charge on any atom is 0.341 e. The second kappa shape index (κ2) is 11.1. The smallest absolute Gasteiger partial charge is 0.341 e. The van der Waals surface area contributed by atoms with Gasteiger partial charge >= 0.3 is 11.9 Å². The van der Waals surface area contributed by atoms with Crippen molar-refractivity contribution in [3.05, 3.63) is 82.7 Å². The van der Waals surface area contributed by atoms with Gasteiger partial charge in [0.1, 0.15) is 10.6 Å². The van der Waals surface area contributed by atoms with Gasteiger partial charge in [0, 0.05) is 17.0 Å². The fourth-order valence-electron chi connectivity index (χ4n) is 2.88. The minimum atomic E-state index is -0.637. The number of benzene rings is 2. The van der Waals surface area contributed by atoms with E-state index < -0.39 is 24.5 Å². The van der Waals surface area contributed by atoms with E-state index in [2.05, 4.69) is 5.32 Å². The van der Waals surface area contributed by atoms with Gasteiger partial charge in [-0.05, 0) is 31.1 Å². The molecule has 7 heteroatoms. The van der Waals surface area contributed by atoms with Crippen LogP contribution in [0.15, 0.2) is 66.1 Å². The van der Waals surface area contributed by atoms with Crippen LogP contribution in [0.5, 0.6) is 0 Å². The summed E-state index contributed by atoms with van der Waals surface area (Å²) < 4.78 is 10.2. The predicted octanol–water partition coefficient (Wildman–Crippen LogP) is 5.10. The lowest BCUT2D eigenvalue weighted by Gasteiger charge is -2.09. The molecule has 0 aliphatic rings. The highest BCUT2D eigenvalue weighted by molar-refractivity contribution is 7.15. The van der Waals surface area contributed by atoms with Gasteiger partial charge in [0.05, 0.1) is 6.61 Å². The Balaban J connectivity index is 1.65. The summed E-state index contributed by atoms with van der Waals surface area (Å²) in [6.07, 6.45) is 2.88. The molecular formula is C25H23NO5S. The van der Waals surface area contributed by atoms with Crippen LogP contribution >= 0.6 is 11.3 Å². The average molecular weight is 450 g/mol. The van der Waals surface area contributed by atoms with E-state index >= 15 is 0 Å². The van der Waals surface area contributed by atoms with Crippen molar-refractivity contribution in [1.82, 2.24) is 0 Å². The number of thiophene rings is 1. The lowest BCUT2D eigenvalue weighted by atomic mass is 10.0. The van der Waals surface area contributed by atoms with Crippen LogP contribution in [0, 0.1) is 6.92 Å². The summed E-state index contributed by atoms with van der Waals surface area (Å²) in [7, 11) is 0. The predicted molar refractivity (Wildman–Crippen MR) is 126 cm³/mol. The highest BCUT2D eigenvalue weighted by atomic mass is 32.1. The van der Waals surface area contributed by atoms with Crippen LogP contribution in [-0.4, -0.2) is 31.1 Å². The number of nitrogens with one attached hydrogen (secondary N) is 1. The van der Waals surface area contributed by atoms with Crippen molar-refractivity contribution in [3.8, 4) is 11.1 Å². The third-order valence-electron chi connectivity index (χ3n) is 4.44. The molecule has 0 aliphatic carbocycles. The number of hydrogen-bond donors (Lipinski definition) is 1. The van der Waals surface area contributed by atoms with Crippen molar-refractivity contribution in [2.45, 2.75) is 13.8 Å². The first kappa shape index (κ1) is 23.0. The molecular weight excluding hydrogens is 426 g/mol. The molecule has 0 aliphatic heterocycles. The van der Waals surface area contributed by atoms with Crippen LogP contribution in [0.3, 0.4) is 0 Å². The highest BCUT2D eigenvalue weighted by Gasteiger charge is 2.23. The third kappa shape index (κ3) is 6.15. The van der Waals surface area contributed by atoms with Crippen molar-refractivity contribution in [1.29, 1.82) is 0 Å². The fourth-order valence-corrected chi connectivity index (χ4v) is 3.85. The minimum Gasteiger partial charge on any atom is -0.462 e. The molecule has 0 saturated heterocycles. The van der Waals surface area contributed by atoms with Crippen LogP contribution in [0.2, 0.25) is 0 Å². The quantitative estimate of drug-likeness (QED) is 0.382. The van der Waals surface area contributed by atoms with Gasteiger partial charge in [0.2, 0.25) is 0 Å². The number of esters is 2. The van der Waals surface area contributed by atoms with Crippen LogP contribution in [0.1, 0.15) is 28.4 Å². The molecule has 0 fully saturated rings. The summed E-state index contributed by atoms with van der Waals surface area (Å²) in [4.78, 5) is 36.8. The number of anilines is 1. The number of amides is 1. The Morgan fingerprint density at radius 3 is 2.41 bits per heavy atom. The fraction of sp³-hybridized carbons (Fsp3) is 0.160. The standard InChI is InChI=1S/C25H23NO5S/c1-3-30-25(29)23-20(19-7-5-4-6-8-19)16-32-24(23)26-21(27)15-31-22(28)14-13-18-11-9-17(2)10-12-18/h4-14,16H,3,15H2,1-2H3,(H,26,27). The van der Waals surface area contributed by atoms with Crippen LogP contribution in [0.4, 0.5) is 5.00 Å². The lowest BCUT2D eigenvalue weighted by Crippen LogP contribution is -2.21. The second-order valence-electron chi connectivity index (χ2n) is 6.84. The van der Waals surface area contributed by atoms with Gasteiger partial charge in [-0.3, -0.25) is 4.79 Å². The summed E-state index contributed by atoms with van der Waals surface area (Å²) in [6, 6.07) is 17.0. The van der Waals surface area contributed by atoms with Crippen LogP contribution < -0.4 is 5.32 Å². The van der Waals surface area contributed by atoms with Crippen molar-refractivity contribution in [3.63, 3.8) is 0 Å². The van der Waals surface area contributed by atoms with E-state index in [9.17, 15) is 14.4 Å². The summed E-state index contributed by atoms with van der Waals surface area (Å²) in [5.41, 5.74) is 3.75. The Labute approximate surface area is 190 Å². The molecule has 0 spiro atoms. The van der Waals surface area contributed by atoms with Crippen molar-refractivity contribution >= 4 is 40.3 Å². The number of rotatable bonds is 8. The molecule has 0 radical (unpaired) electrons. The SMILES string of the molecule is CCOC(=O)c1c(-c2ccccc2)csc1NC(=O)COC(=O)C=Cc1ccc(C)cc1. The zero-order valence-electron chi connectivity index (χ0n) is 17.8. The molecule has 0 atom stereocenters. The number of ether oxygens (including phenoxy) is 2. The summed E-state index contributed by atoms with van der Waals surface area (Å²) in [6.45, 7) is 3.43. The third-order valence-corrected chi connectivity index (χ3v) is 5.34. The van der Waals surface area contributed by atoms with Crippen LogP contribution in [-0.2, 0) is 19.1 Å². The van der Waals surface area contributed by atoms with E-state index in [4.69, 9.17) is 9.47 Å². The normalized spacial score (nSPS) is 10.7.